The molecule has 0 saturated heterocycles. The summed E-state index contributed by atoms with van der Waals surface area (Å²) in [5.41, 5.74) is 1.64. The fourth-order valence-corrected chi connectivity index (χ4v) is 4.66. The Hall–Kier alpha value is -3.25. The summed E-state index contributed by atoms with van der Waals surface area (Å²) >= 11 is 1.42. The quantitative estimate of drug-likeness (QED) is 0.672. The molecule has 0 atom stereocenters. The Bertz CT molecular complexity index is 1010. The molecule has 1 aromatic heterocycles. The number of aryl methyl sites for hydroxylation is 1. The Balaban J connectivity index is 1.69. The molecule has 158 valence electrons. The van der Waals surface area contributed by atoms with Crippen molar-refractivity contribution in [2.75, 3.05) is 33.3 Å². The molecule has 0 radical (unpaired) electrons. The molecule has 1 N–H and O–H groups in total. The van der Waals surface area contributed by atoms with Crippen molar-refractivity contribution >= 4 is 28.2 Å². The molecular weight excluding hydrogens is 408 g/mol. The summed E-state index contributed by atoms with van der Waals surface area (Å²) in [5.74, 6) is -0.456. The molecule has 1 amide bonds. The third-order valence-corrected chi connectivity index (χ3v) is 6.00. The van der Waals surface area contributed by atoms with E-state index in [1.165, 1.54) is 38.7 Å². The van der Waals surface area contributed by atoms with E-state index in [1.807, 2.05) is 0 Å². The summed E-state index contributed by atoms with van der Waals surface area (Å²) in [6.45, 7) is -0.496. The van der Waals surface area contributed by atoms with Gasteiger partial charge in [-0.25, -0.2) is 4.79 Å². The number of fused-ring (bicyclic) bond motifs is 1. The Morgan fingerprint density at radius 1 is 1.10 bits per heavy atom. The van der Waals surface area contributed by atoms with Crippen LogP contribution < -0.4 is 19.5 Å². The zero-order valence-electron chi connectivity index (χ0n) is 17.0. The zero-order valence-corrected chi connectivity index (χ0v) is 17.8. The number of amides is 1. The smallest absolute Gasteiger partial charge is 0.342 e. The second kappa shape index (κ2) is 9.50. The Labute approximate surface area is 178 Å². The van der Waals surface area contributed by atoms with Crippen molar-refractivity contribution in [1.82, 2.24) is 0 Å². The highest BCUT2D eigenvalue weighted by Gasteiger charge is 2.24. The molecule has 30 heavy (non-hydrogen) atoms. The summed E-state index contributed by atoms with van der Waals surface area (Å²) in [4.78, 5) is 26.0. The first-order valence-electron chi connectivity index (χ1n) is 9.34. The van der Waals surface area contributed by atoms with Gasteiger partial charge in [0.15, 0.2) is 18.1 Å². The number of nitrogens with one attached hydrogen (secondary N) is 1. The van der Waals surface area contributed by atoms with E-state index in [0.29, 0.717) is 16.3 Å². The third kappa shape index (κ3) is 4.19. The van der Waals surface area contributed by atoms with Crippen LogP contribution in [0.4, 0.5) is 5.00 Å². The first-order valence-corrected chi connectivity index (χ1v) is 10.2. The van der Waals surface area contributed by atoms with Gasteiger partial charge in [-0.15, -0.1) is 11.3 Å². The van der Waals surface area contributed by atoms with Gasteiger partial charge >= 0.3 is 5.97 Å². The number of rotatable bonds is 7. The lowest BCUT2D eigenvalue weighted by atomic mass is 9.96. The Morgan fingerprint density at radius 3 is 2.50 bits per heavy atom. The summed E-state index contributed by atoms with van der Waals surface area (Å²) in [6, 6.07) is 5.21. The molecule has 1 aromatic carbocycles. The van der Waals surface area contributed by atoms with Crippen LogP contribution in [-0.2, 0) is 22.4 Å². The lowest BCUT2D eigenvalue weighted by molar-refractivity contribution is -0.119. The average Bonchev–Trinajstić information content (AvgIpc) is 3.12. The Kier molecular flexibility index (Phi) is 6.79. The van der Waals surface area contributed by atoms with Crippen molar-refractivity contribution in [3.8, 4) is 23.3 Å². The van der Waals surface area contributed by atoms with E-state index < -0.39 is 18.5 Å². The van der Waals surface area contributed by atoms with E-state index in [2.05, 4.69) is 11.4 Å². The van der Waals surface area contributed by atoms with Crippen molar-refractivity contribution in [2.24, 2.45) is 0 Å². The molecule has 1 aliphatic carbocycles. The molecule has 0 fully saturated rings. The molecule has 0 unspecified atom stereocenters. The SMILES string of the molecule is COc1ccc(C(=O)OCC(=O)Nc2sc3c(c2C#N)CCCC3)c(OC)c1OC. The number of thiophene rings is 1. The van der Waals surface area contributed by atoms with Gasteiger partial charge < -0.3 is 24.3 Å². The minimum Gasteiger partial charge on any atom is -0.493 e. The van der Waals surface area contributed by atoms with Gasteiger partial charge in [0.1, 0.15) is 16.6 Å². The van der Waals surface area contributed by atoms with E-state index in [9.17, 15) is 14.9 Å². The molecule has 8 nitrogen and oxygen atoms in total. The van der Waals surface area contributed by atoms with Crippen molar-refractivity contribution in [3.63, 3.8) is 0 Å². The summed E-state index contributed by atoms with van der Waals surface area (Å²) in [6.07, 6.45) is 3.88. The maximum Gasteiger partial charge on any atom is 0.342 e. The minimum atomic E-state index is -0.742. The predicted molar refractivity (Wildman–Crippen MR) is 111 cm³/mol. The monoisotopic (exact) mass is 430 g/mol. The van der Waals surface area contributed by atoms with Gasteiger partial charge in [-0.2, -0.15) is 5.26 Å². The van der Waals surface area contributed by atoms with E-state index in [1.54, 1.807) is 6.07 Å². The predicted octanol–water partition coefficient (Wildman–Crippen LogP) is 3.32. The zero-order chi connectivity index (χ0) is 21.7. The standard InChI is InChI=1S/C21H22N2O6S/c1-26-15-9-8-13(18(27-2)19(15)28-3)21(25)29-11-17(24)23-20-14(10-22)12-6-4-5-7-16(12)30-20/h8-9H,4-7,11H2,1-3H3,(H,23,24). The molecular formula is C21H22N2O6S. The normalized spacial score (nSPS) is 12.3. The molecule has 0 aliphatic heterocycles. The number of hydrogen-bond donors (Lipinski definition) is 1. The number of nitriles is 1. The van der Waals surface area contributed by atoms with Gasteiger partial charge in [0.05, 0.1) is 26.9 Å². The number of carbonyl (C=O) groups is 2. The highest BCUT2D eigenvalue weighted by Crippen LogP contribution is 2.40. The largest absolute Gasteiger partial charge is 0.493 e. The number of ether oxygens (including phenoxy) is 4. The highest BCUT2D eigenvalue weighted by molar-refractivity contribution is 7.16. The number of hydrogen-bond acceptors (Lipinski definition) is 8. The third-order valence-electron chi connectivity index (χ3n) is 4.79. The van der Waals surface area contributed by atoms with Crippen molar-refractivity contribution in [3.05, 3.63) is 33.7 Å². The second-order valence-electron chi connectivity index (χ2n) is 6.53. The maximum absolute atomic E-state index is 12.5. The van der Waals surface area contributed by atoms with Crippen LogP contribution in [0.15, 0.2) is 12.1 Å². The number of carbonyl (C=O) groups excluding carboxylic acids is 2. The number of nitrogens with zero attached hydrogens (tertiary/aromatic N) is 1. The van der Waals surface area contributed by atoms with Crippen molar-refractivity contribution in [1.29, 1.82) is 5.26 Å². The first kappa shape index (κ1) is 21.5. The van der Waals surface area contributed by atoms with E-state index in [0.717, 1.165) is 36.1 Å². The average molecular weight is 430 g/mol. The maximum atomic E-state index is 12.5. The van der Waals surface area contributed by atoms with Gasteiger partial charge in [0, 0.05) is 4.88 Å². The van der Waals surface area contributed by atoms with Crippen LogP contribution in [-0.4, -0.2) is 39.8 Å². The van der Waals surface area contributed by atoms with Gasteiger partial charge in [-0.05, 0) is 43.4 Å². The van der Waals surface area contributed by atoms with E-state index in [-0.39, 0.29) is 17.1 Å². The molecule has 0 saturated carbocycles. The summed E-state index contributed by atoms with van der Waals surface area (Å²) in [7, 11) is 4.29. The molecule has 9 heteroatoms. The van der Waals surface area contributed by atoms with Crippen LogP contribution in [0.2, 0.25) is 0 Å². The number of benzene rings is 1. The summed E-state index contributed by atoms with van der Waals surface area (Å²) in [5, 5.41) is 12.7. The van der Waals surface area contributed by atoms with Gasteiger partial charge in [0.2, 0.25) is 5.75 Å². The van der Waals surface area contributed by atoms with Crippen LogP contribution in [0.3, 0.4) is 0 Å². The van der Waals surface area contributed by atoms with Gasteiger partial charge in [0.25, 0.3) is 5.91 Å². The van der Waals surface area contributed by atoms with E-state index >= 15 is 0 Å². The van der Waals surface area contributed by atoms with Gasteiger partial charge in [-0.3, -0.25) is 4.79 Å². The fourth-order valence-electron chi connectivity index (χ4n) is 3.41. The molecule has 2 aromatic rings. The lowest BCUT2D eigenvalue weighted by Gasteiger charge is -2.15. The second-order valence-corrected chi connectivity index (χ2v) is 7.64. The van der Waals surface area contributed by atoms with E-state index in [4.69, 9.17) is 18.9 Å². The topological polar surface area (TPSA) is 107 Å². The molecule has 3 rings (SSSR count). The van der Waals surface area contributed by atoms with Crippen LogP contribution in [0.5, 0.6) is 17.2 Å². The van der Waals surface area contributed by atoms with Crippen molar-refractivity contribution < 1.29 is 28.5 Å². The number of anilines is 1. The fraction of sp³-hybridized carbons (Fsp3) is 0.381. The molecule has 0 spiro atoms. The molecule has 1 heterocycles. The van der Waals surface area contributed by atoms with Crippen LogP contribution in [0.25, 0.3) is 0 Å². The van der Waals surface area contributed by atoms with Gasteiger partial charge in [-0.1, -0.05) is 0 Å². The molecule has 0 bridgehead atoms. The van der Waals surface area contributed by atoms with Crippen molar-refractivity contribution in [2.45, 2.75) is 25.7 Å². The lowest BCUT2D eigenvalue weighted by Crippen LogP contribution is -2.21. The van der Waals surface area contributed by atoms with Crippen LogP contribution in [0, 0.1) is 11.3 Å². The minimum absolute atomic E-state index is 0.104. The summed E-state index contributed by atoms with van der Waals surface area (Å²) < 4.78 is 20.9. The Morgan fingerprint density at radius 2 is 1.83 bits per heavy atom. The highest BCUT2D eigenvalue weighted by atomic mass is 32.1. The van der Waals surface area contributed by atoms with Crippen LogP contribution in [0.1, 0.15) is 39.2 Å². The number of methoxy groups -OCH3 is 3. The number of esters is 1. The molecule has 1 aliphatic rings. The first-order chi connectivity index (χ1) is 14.5. The van der Waals surface area contributed by atoms with Crippen LogP contribution >= 0.6 is 11.3 Å².